The zero-order chi connectivity index (χ0) is 29.5. The number of para-hydroxylation sites is 1. The van der Waals surface area contributed by atoms with Crippen molar-refractivity contribution in [3.8, 4) is 17.1 Å². The summed E-state index contributed by atoms with van der Waals surface area (Å²) in [6, 6.07) is 12.1. The molecule has 11 nitrogen and oxygen atoms in total. The number of anilines is 1. The Balaban J connectivity index is 1.59. The zero-order valence-corrected chi connectivity index (χ0v) is 22.7. The minimum atomic E-state index is -4.96. The number of aliphatic hydroxyl groups excluding tert-OH is 1. The summed E-state index contributed by atoms with van der Waals surface area (Å²) in [5, 5.41) is 19.2. The lowest BCUT2D eigenvalue weighted by Gasteiger charge is -2.23. The maximum absolute atomic E-state index is 13.3. The smallest absolute Gasteiger partial charge is 0.382 e. The third kappa shape index (κ3) is 5.80. The highest BCUT2D eigenvalue weighted by Gasteiger charge is 2.39. The molecule has 2 atom stereocenters. The van der Waals surface area contributed by atoms with Crippen LogP contribution in [0.3, 0.4) is 0 Å². The summed E-state index contributed by atoms with van der Waals surface area (Å²) in [5.74, 6) is -0.328. The first-order valence-corrected chi connectivity index (χ1v) is 13.1. The van der Waals surface area contributed by atoms with Gasteiger partial charge in [0.25, 0.3) is 0 Å². The van der Waals surface area contributed by atoms with E-state index in [-0.39, 0.29) is 24.1 Å². The molecule has 0 aliphatic carbocycles. The summed E-state index contributed by atoms with van der Waals surface area (Å²) in [6.07, 6.45) is -6.59. The first kappa shape index (κ1) is 28.6. The van der Waals surface area contributed by atoms with Crippen LogP contribution < -0.4 is 16.3 Å². The van der Waals surface area contributed by atoms with Crippen molar-refractivity contribution in [3.63, 3.8) is 0 Å². The SMILES string of the molecule is NC(=O)[C@H]1CCCN1c1nc(Cn2nc(-c3ccc(Cl)cc3)n(C[C@H](O)C(F)(F)F)c2=O)nn1-c1ccccc1Cl. The molecule has 0 bridgehead atoms. The molecule has 1 aliphatic rings. The molecule has 0 radical (unpaired) electrons. The molecule has 1 fully saturated rings. The van der Waals surface area contributed by atoms with E-state index >= 15 is 0 Å². The number of hydrogen-bond donors (Lipinski definition) is 2. The summed E-state index contributed by atoms with van der Waals surface area (Å²) in [6.45, 7) is -0.962. The molecule has 2 aromatic carbocycles. The van der Waals surface area contributed by atoms with Crippen molar-refractivity contribution in [3.05, 3.63) is 74.9 Å². The lowest BCUT2D eigenvalue weighted by Crippen LogP contribution is -2.41. The van der Waals surface area contributed by atoms with Crippen molar-refractivity contribution in [2.45, 2.75) is 44.3 Å². The topological polar surface area (TPSA) is 137 Å². The molecular weight excluding hydrogens is 588 g/mol. The van der Waals surface area contributed by atoms with E-state index in [0.717, 1.165) is 9.25 Å². The Hall–Kier alpha value is -3.88. The monoisotopic (exact) mass is 610 g/mol. The van der Waals surface area contributed by atoms with Crippen LogP contribution >= 0.6 is 23.2 Å². The standard InChI is InChI=1S/C25H23Cl2F3N8O3/c26-15-9-7-14(8-10-15)22-34-37(24(41)36(22)12-19(39)25(28,29)30)13-20-32-23(35-11-3-6-18(35)21(31)40)38(33-20)17-5-2-1-4-16(17)27/h1-2,4-5,7-10,18-19,39H,3,6,11-13H2,(H2,31,40)/t18-,19+/m1/s1. The maximum Gasteiger partial charge on any atom is 0.416 e. The number of halogens is 5. The number of nitrogens with two attached hydrogens (primary N) is 1. The van der Waals surface area contributed by atoms with Gasteiger partial charge in [0, 0.05) is 17.1 Å². The number of aromatic nitrogens is 6. The van der Waals surface area contributed by atoms with E-state index in [1.807, 2.05) is 0 Å². The van der Waals surface area contributed by atoms with Crippen molar-refractivity contribution >= 4 is 35.1 Å². The Morgan fingerprint density at radius 3 is 2.49 bits per heavy atom. The third-order valence-corrected chi connectivity index (χ3v) is 7.17. The normalized spacial score (nSPS) is 16.3. The number of rotatable bonds is 8. The Bertz CT molecular complexity index is 1630. The van der Waals surface area contributed by atoms with Crippen molar-refractivity contribution in [2.24, 2.45) is 5.73 Å². The van der Waals surface area contributed by atoms with Crippen molar-refractivity contribution in [2.75, 3.05) is 11.4 Å². The van der Waals surface area contributed by atoms with Gasteiger partial charge in [-0.1, -0.05) is 35.3 Å². The summed E-state index contributed by atoms with van der Waals surface area (Å²) < 4.78 is 42.7. The molecule has 5 rings (SSSR count). The van der Waals surface area contributed by atoms with Gasteiger partial charge in [0.15, 0.2) is 17.8 Å². The van der Waals surface area contributed by atoms with E-state index in [2.05, 4.69) is 15.2 Å². The van der Waals surface area contributed by atoms with Gasteiger partial charge in [-0.15, -0.1) is 10.2 Å². The molecule has 3 heterocycles. The number of hydrogen-bond acceptors (Lipinski definition) is 7. The highest BCUT2D eigenvalue weighted by molar-refractivity contribution is 6.32. The van der Waals surface area contributed by atoms with Crippen molar-refractivity contribution in [1.82, 2.24) is 29.1 Å². The van der Waals surface area contributed by atoms with Crippen molar-refractivity contribution in [1.29, 1.82) is 0 Å². The number of carbonyl (C=O) groups excluding carboxylic acids is 1. The number of alkyl halides is 3. The number of carbonyl (C=O) groups is 1. The Morgan fingerprint density at radius 1 is 1.12 bits per heavy atom. The fourth-order valence-corrected chi connectivity index (χ4v) is 4.96. The number of benzene rings is 2. The van der Waals surface area contributed by atoms with E-state index in [9.17, 15) is 27.9 Å². The summed E-state index contributed by atoms with van der Waals surface area (Å²) in [4.78, 5) is 31.7. The van der Waals surface area contributed by atoms with E-state index in [1.165, 1.54) is 28.9 Å². The predicted octanol–water partition coefficient (Wildman–Crippen LogP) is 3.02. The average molecular weight is 611 g/mol. The van der Waals surface area contributed by atoms with Gasteiger partial charge in [-0.3, -0.25) is 9.36 Å². The predicted molar refractivity (Wildman–Crippen MR) is 144 cm³/mol. The molecule has 0 unspecified atom stereocenters. The molecule has 1 saturated heterocycles. The number of amides is 1. The molecule has 1 aliphatic heterocycles. The van der Waals surface area contributed by atoms with E-state index in [4.69, 9.17) is 28.9 Å². The van der Waals surface area contributed by atoms with Gasteiger partial charge in [-0.2, -0.15) is 22.8 Å². The van der Waals surface area contributed by atoms with Crippen LogP contribution in [-0.2, 0) is 17.9 Å². The molecule has 2 aromatic heterocycles. The van der Waals surface area contributed by atoms with Gasteiger partial charge in [-0.25, -0.2) is 9.48 Å². The van der Waals surface area contributed by atoms with Gasteiger partial charge >= 0.3 is 11.9 Å². The quantitative estimate of drug-likeness (QED) is 0.313. The largest absolute Gasteiger partial charge is 0.416 e. The Labute approximate surface area is 240 Å². The molecule has 1 amide bonds. The van der Waals surface area contributed by atoms with Crippen LogP contribution in [0.15, 0.2) is 53.3 Å². The first-order chi connectivity index (χ1) is 19.4. The van der Waals surface area contributed by atoms with Gasteiger partial charge in [-0.05, 0) is 49.2 Å². The molecule has 0 spiro atoms. The Morgan fingerprint density at radius 2 is 1.83 bits per heavy atom. The van der Waals surface area contributed by atoms with Crippen molar-refractivity contribution < 1.29 is 23.1 Å². The summed E-state index contributed by atoms with van der Waals surface area (Å²) >= 11 is 12.4. The second kappa shape index (κ2) is 11.2. The number of nitrogens with zero attached hydrogens (tertiary/aromatic N) is 7. The van der Waals surface area contributed by atoms with Crippen LogP contribution in [-0.4, -0.2) is 65.0 Å². The third-order valence-electron chi connectivity index (χ3n) is 6.60. The summed E-state index contributed by atoms with van der Waals surface area (Å²) in [5.41, 5.74) is 5.44. The average Bonchev–Trinajstić information content (AvgIpc) is 3.63. The van der Waals surface area contributed by atoms with Gasteiger partial charge in [0.2, 0.25) is 11.9 Å². The molecule has 3 N–H and O–H groups in total. The first-order valence-electron chi connectivity index (χ1n) is 12.4. The molecule has 4 aromatic rings. The fourth-order valence-electron chi connectivity index (χ4n) is 4.62. The van der Waals surface area contributed by atoms with Gasteiger partial charge in [0.1, 0.15) is 12.6 Å². The lowest BCUT2D eigenvalue weighted by molar-refractivity contribution is -0.207. The minimum absolute atomic E-state index is 0.0702. The van der Waals surface area contributed by atoms with Crippen LogP contribution in [0.2, 0.25) is 10.0 Å². The molecule has 0 saturated carbocycles. The maximum atomic E-state index is 13.3. The van der Waals surface area contributed by atoms with Crippen LogP contribution in [0.5, 0.6) is 0 Å². The van der Waals surface area contributed by atoms with Crippen LogP contribution in [0, 0.1) is 0 Å². The number of aliphatic hydroxyl groups is 1. The van der Waals surface area contributed by atoms with Crippen LogP contribution in [0.1, 0.15) is 18.7 Å². The number of primary amides is 1. The Kier molecular flexibility index (Phi) is 7.81. The second-order valence-corrected chi connectivity index (χ2v) is 10.2. The van der Waals surface area contributed by atoms with Crippen LogP contribution in [0.4, 0.5) is 19.1 Å². The summed E-state index contributed by atoms with van der Waals surface area (Å²) in [7, 11) is 0. The van der Waals surface area contributed by atoms with E-state index < -0.39 is 36.5 Å². The lowest BCUT2D eigenvalue weighted by atomic mass is 10.2. The van der Waals surface area contributed by atoms with Crippen LogP contribution in [0.25, 0.3) is 17.1 Å². The minimum Gasteiger partial charge on any atom is -0.382 e. The van der Waals surface area contributed by atoms with E-state index in [0.29, 0.717) is 40.7 Å². The second-order valence-electron chi connectivity index (χ2n) is 9.38. The highest BCUT2D eigenvalue weighted by atomic mass is 35.5. The molecular formula is C25H23Cl2F3N8O3. The van der Waals surface area contributed by atoms with Gasteiger partial charge < -0.3 is 15.7 Å². The molecule has 216 valence electrons. The molecule has 41 heavy (non-hydrogen) atoms. The highest BCUT2D eigenvalue weighted by Crippen LogP contribution is 2.30. The van der Waals surface area contributed by atoms with E-state index in [1.54, 1.807) is 29.2 Å². The van der Waals surface area contributed by atoms with Gasteiger partial charge in [0.05, 0.1) is 17.3 Å². The zero-order valence-electron chi connectivity index (χ0n) is 21.2. The fraction of sp³-hybridized carbons (Fsp3) is 0.320. The molecule has 16 heteroatoms.